The number of nitrogens with one attached hydrogen (secondary N) is 1. The molecule has 3 aliphatic rings. The second kappa shape index (κ2) is 7.18. The molecule has 1 saturated carbocycles. The molecule has 0 bridgehead atoms. The monoisotopic (exact) mass is 324 g/mol. The van der Waals surface area contributed by atoms with Gasteiger partial charge in [-0.15, -0.1) is 0 Å². The van der Waals surface area contributed by atoms with Gasteiger partial charge in [0.15, 0.2) is 0 Å². The Balaban J connectivity index is 1.49. The zero-order valence-corrected chi connectivity index (χ0v) is 14.0. The second-order valence-electron chi connectivity index (χ2n) is 7.17. The van der Waals surface area contributed by atoms with E-state index >= 15 is 0 Å². The van der Waals surface area contributed by atoms with Crippen molar-refractivity contribution in [2.24, 2.45) is 11.3 Å². The summed E-state index contributed by atoms with van der Waals surface area (Å²) in [6, 6.07) is 0.255. The zero-order chi connectivity index (χ0) is 16.3. The van der Waals surface area contributed by atoms with Gasteiger partial charge in [-0.3, -0.25) is 9.59 Å². The van der Waals surface area contributed by atoms with Crippen molar-refractivity contribution in [3.05, 3.63) is 0 Å². The summed E-state index contributed by atoms with van der Waals surface area (Å²) < 4.78 is 10.2. The van der Waals surface area contributed by atoms with Gasteiger partial charge < -0.3 is 19.7 Å². The van der Waals surface area contributed by atoms with Crippen LogP contribution in [0.25, 0.3) is 0 Å². The first-order valence-corrected chi connectivity index (χ1v) is 8.79. The second-order valence-corrected chi connectivity index (χ2v) is 7.17. The molecular formula is C17H28N2O4. The van der Waals surface area contributed by atoms with E-state index in [9.17, 15) is 9.59 Å². The van der Waals surface area contributed by atoms with Crippen molar-refractivity contribution in [2.75, 3.05) is 40.0 Å². The van der Waals surface area contributed by atoms with Crippen molar-refractivity contribution >= 4 is 11.8 Å². The molecule has 1 atom stereocenters. The normalized spacial score (nSPS) is 27.5. The summed E-state index contributed by atoms with van der Waals surface area (Å²) in [6.45, 7) is 3.20. The van der Waals surface area contributed by atoms with Gasteiger partial charge in [0.25, 0.3) is 0 Å². The van der Waals surface area contributed by atoms with Gasteiger partial charge in [0, 0.05) is 45.4 Å². The maximum atomic E-state index is 12.6. The Hall–Kier alpha value is -1.14. The topological polar surface area (TPSA) is 67.9 Å². The van der Waals surface area contributed by atoms with E-state index < -0.39 is 0 Å². The minimum atomic E-state index is -0.0303. The first kappa shape index (κ1) is 16.7. The number of likely N-dealkylation sites (tertiary alicyclic amines) is 1. The standard InChI is InChI=1S/C17H28N2O4/c1-22-12-15(20)18-14-2-5-17(14)6-8-19(9-7-17)16(21)13-3-10-23-11-4-13/h13-14H,2-12H2,1H3,(H,18,20). The molecule has 1 spiro atoms. The number of hydrogen-bond donors (Lipinski definition) is 1. The van der Waals surface area contributed by atoms with Crippen LogP contribution in [0.2, 0.25) is 0 Å². The number of carbonyl (C=O) groups excluding carboxylic acids is 2. The lowest BCUT2D eigenvalue weighted by atomic mass is 9.59. The Labute approximate surface area is 137 Å². The van der Waals surface area contributed by atoms with Crippen LogP contribution in [0, 0.1) is 11.3 Å². The highest BCUT2D eigenvalue weighted by Gasteiger charge is 2.49. The molecule has 2 aliphatic heterocycles. The number of ether oxygens (including phenoxy) is 2. The minimum Gasteiger partial charge on any atom is -0.381 e. The van der Waals surface area contributed by atoms with Crippen molar-refractivity contribution in [2.45, 2.75) is 44.6 Å². The predicted octanol–water partition coefficient (Wildman–Crippen LogP) is 0.947. The summed E-state index contributed by atoms with van der Waals surface area (Å²) >= 11 is 0. The Morgan fingerprint density at radius 1 is 1.17 bits per heavy atom. The van der Waals surface area contributed by atoms with E-state index in [2.05, 4.69) is 5.32 Å². The molecule has 0 aromatic rings. The molecule has 6 heteroatoms. The molecule has 3 fully saturated rings. The van der Waals surface area contributed by atoms with Crippen LogP contribution in [0.4, 0.5) is 0 Å². The SMILES string of the molecule is COCC(=O)NC1CCC12CCN(C(=O)C1CCOCC1)CC2. The van der Waals surface area contributed by atoms with Crippen molar-refractivity contribution in [1.82, 2.24) is 10.2 Å². The fourth-order valence-electron chi connectivity index (χ4n) is 4.26. The lowest BCUT2D eigenvalue weighted by Gasteiger charge is -2.54. The molecule has 0 radical (unpaired) electrons. The molecule has 130 valence electrons. The van der Waals surface area contributed by atoms with Gasteiger partial charge in [-0.05, 0) is 43.9 Å². The lowest BCUT2D eigenvalue weighted by molar-refractivity contribution is -0.144. The number of amides is 2. The molecule has 0 aromatic heterocycles. The minimum absolute atomic E-state index is 0.0303. The highest BCUT2D eigenvalue weighted by atomic mass is 16.5. The Bertz CT molecular complexity index is 440. The third-order valence-electron chi connectivity index (χ3n) is 5.92. The maximum Gasteiger partial charge on any atom is 0.246 e. The van der Waals surface area contributed by atoms with Crippen LogP contribution in [0.1, 0.15) is 38.5 Å². The molecule has 2 saturated heterocycles. The molecule has 2 amide bonds. The molecule has 1 N–H and O–H groups in total. The van der Waals surface area contributed by atoms with Crippen LogP contribution >= 0.6 is 0 Å². The van der Waals surface area contributed by atoms with Crippen LogP contribution in [-0.4, -0.2) is 62.8 Å². The molecule has 1 unspecified atom stereocenters. The van der Waals surface area contributed by atoms with Gasteiger partial charge in [-0.1, -0.05) is 0 Å². The first-order valence-electron chi connectivity index (χ1n) is 8.79. The van der Waals surface area contributed by atoms with Crippen molar-refractivity contribution in [1.29, 1.82) is 0 Å². The maximum absolute atomic E-state index is 12.6. The zero-order valence-electron chi connectivity index (χ0n) is 14.0. The number of methoxy groups -OCH3 is 1. The van der Waals surface area contributed by atoms with Crippen molar-refractivity contribution in [3.8, 4) is 0 Å². The third-order valence-corrected chi connectivity index (χ3v) is 5.92. The van der Waals surface area contributed by atoms with Gasteiger partial charge in [-0.25, -0.2) is 0 Å². The van der Waals surface area contributed by atoms with Crippen molar-refractivity contribution < 1.29 is 19.1 Å². The number of nitrogens with zero attached hydrogens (tertiary/aromatic N) is 1. The van der Waals surface area contributed by atoms with Gasteiger partial charge in [-0.2, -0.15) is 0 Å². The summed E-state index contributed by atoms with van der Waals surface area (Å²) in [4.78, 5) is 26.4. The summed E-state index contributed by atoms with van der Waals surface area (Å²) in [7, 11) is 1.54. The van der Waals surface area contributed by atoms with Gasteiger partial charge in [0.1, 0.15) is 6.61 Å². The summed E-state index contributed by atoms with van der Waals surface area (Å²) in [5.74, 6) is 0.427. The number of carbonyl (C=O) groups is 2. The van der Waals surface area contributed by atoms with Crippen LogP contribution in [0.3, 0.4) is 0 Å². The Kier molecular flexibility index (Phi) is 5.21. The van der Waals surface area contributed by atoms with E-state index in [4.69, 9.17) is 9.47 Å². The average Bonchev–Trinajstić information content (AvgIpc) is 2.59. The van der Waals surface area contributed by atoms with E-state index in [0.29, 0.717) is 19.1 Å². The van der Waals surface area contributed by atoms with Crippen LogP contribution < -0.4 is 5.32 Å². The van der Waals surface area contributed by atoms with Crippen LogP contribution in [0.5, 0.6) is 0 Å². The Morgan fingerprint density at radius 2 is 1.87 bits per heavy atom. The summed E-state index contributed by atoms with van der Waals surface area (Å²) in [5, 5.41) is 3.10. The smallest absolute Gasteiger partial charge is 0.246 e. The fourth-order valence-corrected chi connectivity index (χ4v) is 4.26. The van der Waals surface area contributed by atoms with Gasteiger partial charge in [0.05, 0.1) is 0 Å². The highest BCUT2D eigenvalue weighted by molar-refractivity contribution is 5.79. The van der Waals surface area contributed by atoms with E-state index in [-0.39, 0.29) is 29.9 Å². The molecule has 1 aliphatic carbocycles. The number of hydrogen-bond acceptors (Lipinski definition) is 4. The summed E-state index contributed by atoms with van der Waals surface area (Å²) in [6.07, 6.45) is 5.92. The number of rotatable bonds is 4. The molecular weight excluding hydrogens is 296 g/mol. The largest absolute Gasteiger partial charge is 0.381 e. The van der Waals surface area contributed by atoms with Gasteiger partial charge in [0.2, 0.25) is 11.8 Å². The van der Waals surface area contributed by atoms with Crippen molar-refractivity contribution in [3.63, 3.8) is 0 Å². The molecule has 6 nitrogen and oxygen atoms in total. The summed E-state index contributed by atoms with van der Waals surface area (Å²) in [5.41, 5.74) is 0.204. The van der Waals surface area contributed by atoms with E-state index in [0.717, 1.165) is 51.6 Å². The molecule has 2 heterocycles. The van der Waals surface area contributed by atoms with Crippen LogP contribution in [-0.2, 0) is 19.1 Å². The van der Waals surface area contributed by atoms with E-state index in [1.807, 2.05) is 4.90 Å². The van der Waals surface area contributed by atoms with Gasteiger partial charge >= 0.3 is 0 Å². The lowest BCUT2D eigenvalue weighted by Crippen LogP contribution is -2.60. The first-order chi connectivity index (χ1) is 11.1. The average molecular weight is 324 g/mol. The molecule has 23 heavy (non-hydrogen) atoms. The number of piperidine rings is 1. The van der Waals surface area contributed by atoms with E-state index in [1.165, 1.54) is 7.11 Å². The molecule has 3 rings (SSSR count). The highest BCUT2D eigenvalue weighted by Crippen LogP contribution is 2.49. The molecule has 0 aromatic carbocycles. The fraction of sp³-hybridized carbons (Fsp3) is 0.882. The van der Waals surface area contributed by atoms with Crippen LogP contribution in [0.15, 0.2) is 0 Å². The predicted molar refractivity (Wildman–Crippen MR) is 84.8 cm³/mol. The third kappa shape index (κ3) is 3.53. The Morgan fingerprint density at radius 3 is 2.43 bits per heavy atom. The van der Waals surface area contributed by atoms with E-state index in [1.54, 1.807) is 0 Å². The quantitative estimate of drug-likeness (QED) is 0.836.